The molecular weight excluding hydrogens is 282 g/mol. The van der Waals surface area contributed by atoms with Crippen LogP contribution in [0, 0.1) is 5.92 Å². The van der Waals surface area contributed by atoms with Crippen LogP contribution in [0.2, 0.25) is 0 Å². The SMILES string of the molecule is CC(C)CC[C@@H](CCN1CCCC1)c1ccc(OC(C)C)cc1. The summed E-state index contributed by atoms with van der Waals surface area (Å²) in [5, 5.41) is 0. The van der Waals surface area contributed by atoms with Crippen molar-refractivity contribution in [3.05, 3.63) is 29.8 Å². The van der Waals surface area contributed by atoms with E-state index in [1.54, 1.807) is 0 Å². The molecule has 2 rings (SSSR count). The monoisotopic (exact) mass is 317 g/mol. The van der Waals surface area contributed by atoms with Crippen molar-refractivity contribution in [1.82, 2.24) is 4.90 Å². The molecule has 1 atom stereocenters. The summed E-state index contributed by atoms with van der Waals surface area (Å²) in [6.07, 6.45) is 6.92. The molecule has 1 aliphatic heterocycles. The molecule has 2 nitrogen and oxygen atoms in total. The summed E-state index contributed by atoms with van der Waals surface area (Å²) in [6, 6.07) is 8.86. The van der Waals surface area contributed by atoms with Gasteiger partial charge in [0.1, 0.15) is 5.75 Å². The number of hydrogen-bond acceptors (Lipinski definition) is 2. The Bertz CT molecular complexity index is 432. The number of benzene rings is 1. The van der Waals surface area contributed by atoms with Crippen molar-refractivity contribution < 1.29 is 4.74 Å². The molecule has 0 radical (unpaired) electrons. The van der Waals surface area contributed by atoms with Crippen molar-refractivity contribution in [3.8, 4) is 5.75 Å². The molecule has 2 heteroatoms. The minimum Gasteiger partial charge on any atom is -0.491 e. The average Bonchev–Trinajstić information content (AvgIpc) is 3.01. The van der Waals surface area contributed by atoms with E-state index in [9.17, 15) is 0 Å². The molecule has 0 N–H and O–H groups in total. The summed E-state index contributed by atoms with van der Waals surface area (Å²) in [7, 11) is 0. The first-order chi connectivity index (χ1) is 11.0. The quantitative estimate of drug-likeness (QED) is 0.598. The predicted octanol–water partition coefficient (Wildman–Crippen LogP) is 5.48. The molecule has 0 unspecified atom stereocenters. The van der Waals surface area contributed by atoms with E-state index in [2.05, 4.69) is 56.9 Å². The summed E-state index contributed by atoms with van der Waals surface area (Å²) in [6.45, 7) is 12.7. The van der Waals surface area contributed by atoms with E-state index in [-0.39, 0.29) is 6.10 Å². The Morgan fingerprint density at radius 1 is 0.913 bits per heavy atom. The van der Waals surface area contributed by atoms with Crippen LogP contribution >= 0.6 is 0 Å². The lowest BCUT2D eigenvalue weighted by molar-refractivity contribution is 0.242. The molecule has 0 bridgehead atoms. The molecule has 130 valence electrons. The topological polar surface area (TPSA) is 12.5 Å². The fraction of sp³-hybridized carbons (Fsp3) is 0.714. The number of ether oxygens (including phenoxy) is 1. The summed E-state index contributed by atoms with van der Waals surface area (Å²) >= 11 is 0. The molecule has 0 spiro atoms. The fourth-order valence-electron chi connectivity index (χ4n) is 3.45. The standard InChI is InChI=1S/C21H35NO/c1-17(2)7-8-20(13-16-22-14-5-6-15-22)19-9-11-21(12-10-19)23-18(3)4/h9-12,17-18,20H,5-8,13-16H2,1-4H3/t20-/m0/s1. The summed E-state index contributed by atoms with van der Waals surface area (Å²) in [4.78, 5) is 2.64. The Kier molecular flexibility index (Phi) is 7.42. The van der Waals surface area contributed by atoms with Gasteiger partial charge in [0, 0.05) is 0 Å². The summed E-state index contributed by atoms with van der Waals surface area (Å²) < 4.78 is 5.78. The first-order valence-electron chi connectivity index (χ1n) is 9.53. The Hall–Kier alpha value is -1.02. The molecule has 1 fully saturated rings. The van der Waals surface area contributed by atoms with Gasteiger partial charge >= 0.3 is 0 Å². The van der Waals surface area contributed by atoms with Crippen molar-refractivity contribution in [1.29, 1.82) is 0 Å². The van der Waals surface area contributed by atoms with Gasteiger partial charge in [-0.25, -0.2) is 0 Å². The fourth-order valence-corrected chi connectivity index (χ4v) is 3.45. The van der Waals surface area contributed by atoms with E-state index < -0.39 is 0 Å². The van der Waals surface area contributed by atoms with Crippen LogP contribution in [-0.4, -0.2) is 30.6 Å². The van der Waals surface area contributed by atoms with Gasteiger partial charge in [0.05, 0.1) is 6.10 Å². The highest BCUT2D eigenvalue weighted by atomic mass is 16.5. The van der Waals surface area contributed by atoms with Gasteiger partial charge in [0.2, 0.25) is 0 Å². The predicted molar refractivity (Wildman–Crippen MR) is 99.3 cm³/mol. The maximum Gasteiger partial charge on any atom is 0.119 e. The first-order valence-corrected chi connectivity index (χ1v) is 9.53. The molecule has 1 aromatic carbocycles. The third-order valence-corrected chi connectivity index (χ3v) is 4.81. The van der Waals surface area contributed by atoms with Gasteiger partial charge in [-0.15, -0.1) is 0 Å². The van der Waals surface area contributed by atoms with E-state index in [0.717, 1.165) is 11.7 Å². The van der Waals surface area contributed by atoms with Crippen LogP contribution in [0.5, 0.6) is 5.75 Å². The van der Waals surface area contributed by atoms with E-state index in [4.69, 9.17) is 4.74 Å². The van der Waals surface area contributed by atoms with Gasteiger partial charge < -0.3 is 9.64 Å². The lowest BCUT2D eigenvalue weighted by Crippen LogP contribution is -2.22. The zero-order valence-corrected chi connectivity index (χ0v) is 15.6. The highest BCUT2D eigenvalue weighted by Crippen LogP contribution is 2.29. The molecule has 0 saturated carbocycles. The van der Waals surface area contributed by atoms with Gasteiger partial charge in [-0.1, -0.05) is 32.4 Å². The average molecular weight is 318 g/mol. The number of likely N-dealkylation sites (tertiary alicyclic amines) is 1. The third kappa shape index (κ3) is 6.55. The minimum atomic E-state index is 0.243. The number of hydrogen-bond donors (Lipinski definition) is 0. The first kappa shape index (κ1) is 18.3. The smallest absolute Gasteiger partial charge is 0.119 e. The number of rotatable bonds is 9. The molecule has 1 aliphatic rings. The maximum absolute atomic E-state index is 5.78. The van der Waals surface area contributed by atoms with Crippen LogP contribution < -0.4 is 4.74 Å². The molecule has 0 aliphatic carbocycles. The lowest BCUT2D eigenvalue weighted by Gasteiger charge is -2.22. The maximum atomic E-state index is 5.78. The molecule has 1 heterocycles. The summed E-state index contributed by atoms with van der Waals surface area (Å²) in [5.41, 5.74) is 1.49. The zero-order valence-electron chi connectivity index (χ0n) is 15.6. The molecule has 1 aromatic rings. The second kappa shape index (κ2) is 9.32. The lowest BCUT2D eigenvalue weighted by atomic mass is 9.88. The van der Waals surface area contributed by atoms with Crippen molar-refractivity contribution in [3.63, 3.8) is 0 Å². The molecule has 0 aromatic heterocycles. The van der Waals surface area contributed by atoms with Crippen LogP contribution in [0.25, 0.3) is 0 Å². The third-order valence-electron chi connectivity index (χ3n) is 4.81. The Balaban J connectivity index is 1.96. The molecule has 0 amide bonds. The highest BCUT2D eigenvalue weighted by molar-refractivity contribution is 5.29. The van der Waals surface area contributed by atoms with Gasteiger partial charge in [-0.05, 0) is 88.7 Å². The van der Waals surface area contributed by atoms with Gasteiger partial charge in [0.15, 0.2) is 0 Å². The van der Waals surface area contributed by atoms with E-state index in [1.807, 2.05) is 0 Å². The molecule has 23 heavy (non-hydrogen) atoms. The van der Waals surface area contributed by atoms with Gasteiger partial charge in [-0.2, -0.15) is 0 Å². The minimum absolute atomic E-state index is 0.243. The van der Waals surface area contributed by atoms with E-state index in [1.165, 1.54) is 57.3 Å². The van der Waals surface area contributed by atoms with Crippen molar-refractivity contribution >= 4 is 0 Å². The van der Waals surface area contributed by atoms with Crippen molar-refractivity contribution in [2.24, 2.45) is 5.92 Å². The van der Waals surface area contributed by atoms with Crippen LogP contribution in [-0.2, 0) is 0 Å². The van der Waals surface area contributed by atoms with Gasteiger partial charge in [-0.3, -0.25) is 0 Å². The van der Waals surface area contributed by atoms with E-state index in [0.29, 0.717) is 5.92 Å². The van der Waals surface area contributed by atoms with Crippen LogP contribution in [0.4, 0.5) is 0 Å². The Morgan fingerprint density at radius 2 is 1.57 bits per heavy atom. The van der Waals surface area contributed by atoms with Crippen LogP contribution in [0.15, 0.2) is 24.3 Å². The second-order valence-corrected chi connectivity index (χ2v) is 7.74. The highest BCUT2D eigenvalue weighted by Gasteiger charge is 2.17. The van der Waals surface area contributed by atoms with Crippen molar-refractivity contribution in [2.45, 2.75) is 71.8 Å². The second-order valence-electron chi connectivity index (χ2n) is 7.74. The largest absolute Gasteiger partial charge is 0.491 e. The molecule has 1 saturated heterocycles. The Morgan fingerprint density at radius 3 is 2.13 bits per heavy atom. The van der Waals surface area contributed by atoms with E-state index >= 15 is 0 Å². The van der Waals surface area contributed by atoms with Crippen LogP contribution in [0.1, 0.15) is 71.3 Å². The molecular formula is C21H35NO. The summed E-state index contributed by atoms with van der Waals surface area (Å²) in [5.74, 6) is 2.46. The van der Waals surface area contributed by atoms with Crippen molar-refractivity contribution in [2.75, 3.05) is 19.6 Å². The number of nitrogens with zero attached hydrogens (tertiary/aromatic N) is 1. The zero-order chi connectivity index (χ0) is 16.7. The van der Waals surface area contributed by atoms with Crippen LogP contribution in [0.3, 0.4) is 0 Å². The normalized spacial score (nSPS) is 17.1. The Labute approximate surface area is 143 Å². The van der Waals surface area contributed by atoms with Gasteiger partial charge in [0.25, 0.3) is 0 Å².